The fourth-order valence-corrected chi connectivity index (χ4v) is 3.33. The predicted octanol–water partition coefficient (Wildman–Crippen LogP) is 3.10. The summed E-state index contributed by atoms with van der Waals surface area (Å²) in [5, 5.41) is 12.8. The second kappa shape index (κ2) is 5.24. The molecule has 0 unspecified atom stereocenters. The first-order valence-electron chi connectivity index (χ1n) is 7.38. The van der Waals surface area contributed by atoms with Gasteiger partial charge in [0.1, 0.15) is 5.01 Å². The summed E-state index contributed by atoms with van der Waals surface area (Å²) in [4.78, 5) is 4.55. The van der Waals surface area contributed by atoms with Gasteiger partial charge in [0.05, 0.1) is 17.8 Å². The summed E-state index contributed by atoms with van der Waals surface area (Å²) >= 11 is 1.70. The highest BCUT2D eigenvalue weighted by Crippen LogP contribution is 2.23. The third-order valence-corrected chi connectivity index (χ3v) is 4.77. The van der Waals surface area contributed by atoms with Crippen molar-refractivity contribution in [2.45, 2.75) is 38.9 Å². The number of aromatic nitrogens is 3. The number of hydrogen-bond donors (Lipinski definition) is 1. The molecule has 2 heterocycles. The molecule has 0 amide bonds. The van der Waals surface area contributed by atoms with E-state index in [4.69, 9.17) is 5.10 Å². The van der Waals surface area contributed by atoms with Crippen LogP contribution in [0.2, 0.25) is 0 Å². The maximum absolute atomic E-state index is 4.81. The fourth-order valence-electron chi connectivity index (χ4n) is 2.58. The lowest BCUT2D eigenvalue weighted by Gasteiger charge is -2.00. The van der Waals surface area contributed by atoms with Crippen molar-refractivity contribution in [1.82, 2.24) is 20.1 Å². The normalized spacial score (nSPS) is 14.9. The fraction of sp³-hybridized carbons (Fsp3) is 0.375. The zero-order valence-corrected chi connectivity index (χ0v) is 12.9. The minimum atomic E-state index is 0.704. The van der Waals surface area contributed by atoms with Crippen molar-refractivity contribution in [3.63, 3.8) is 0 Å². The number of para-hydroxylation sites is 1. The Hall–Kier alpha value is -1.72. The van der Waals surface area contributed by atoms with Crippen molar-refractivity contribution in [2.24, 2.45) is 0 Å². The van der Waals surface area contributed by atoms with Crippen molar-refractivity contribution in [2.75, 3.05) is 0 Å². The molecule has 1 aliphatic rings. The zero-order chi connectivity index (χ0) is 14.2. The van der Waals surface area contributed by atoms with E-state index in [2.05, 4.69) is 44.6 Å². The molecule has 5 heteroatoms. The van der Waals surface area contributed by atoms with Gasteiger partial charge in [0.15, 0.2) is 0 Å². The molecule has 2 aromatic heterocycles. The van der Waals surface area contributed by atoms with Gasteiger partial charge in [0, 0.05) is 29.0 Å². The van der Waals surface area contributed by atoms with E-state index in [-0.39, 0.29) is 0 Å². The second-order valence-corrected chi connectivity index (χ2v) is 6.60. The minimum Gasteiger partial charge on any atom is -0.308 e. The van der Waals surface area contributed by atoms with Crippen LogP contribution in [0, 0.1) is 6.92 Å². The molecule has 0 saturated heterocycles. The van der Waals surface area contributed by atoms with Gasteiger partial charge in [-0.05, 0) is 25.8 Å². The number of nitrogens with zero attached hydrogens (tertiary/aromatic N) is 3. The molecule has 1 aromatic carbocycles. The van der Waals surface area contributed by atoms with Gasteiger partial charge in [-0.15, -0.1) is 11.3 Å². The van der Waals surface area contributed by atoms with Gasteiger partial charge < -0.3 is 5.32 Å². The summed E-state index contributed by atoms with van der Waals surface area (Å²) in [5.41, 5.74) is 3.42. The quantitative estimate of drug-likeness (QED) is 0.787. The molecule has 3 aromatic rings. The van der Waals surface area contributed by atoms with Crippen molar-refractivity contribution in [3.05, 3.63) is 46.0 Å². The highest BCUT2D eigenvalue weighted by molar-refractivity contribution is 7.09. The van der Waals surface area contributed by atoms with Gasteiger partial charge in [0.25, 0.3) is 0 Å². The maximum atomic E-state index is 4.81. The first-order chi connectivity index (χ1) is 10.3. The second-order valence-electron chi connectivity index (χ2n) is 5.66. The number of fused-ring (bicyclic) bond motifs is 1. The number of thiazole rings is 1. The lowest BCUT2D eigenvalue weighted by atomic mass is 10.2. The Balaban J connectivity index is 1.66. The lowest BCUT2D eigenvalue weighted by Crippen LogP contribution is -2.16. The Kier molecular flexibility index (Phi) is 3.24. The highest BCUT2D eigenvalue weighted by Gasteiger charge is 2.21. The largest absolute Gasteiger partial charge is 0.308 e. The van der Waals surface area contributed by atoms with E-state index in [1.807, 2.05) is 6.92 Å². The SMILES string of the molecule is Cc1csc(Cn2nc(CNC3CC3)c3ccccc32)n1. The summed E-state index contributed by atoms with van der Waals surface area (Å²) in [6.45, 7) is 3.64. The van der Waals surface area contributed by atoms with Gasteiger partial charge in [-0.1, -0.05) is 18.2 Å². The number of hydrogen-bond acceptors (Lipinski definition) is 4. The molecule has 0 spiro atoms. The third-order valence-electron chi connectivity index (χ3n) is 3.82. The predicted molar refractivity (Wildman–Crippen MR) is 85.5 cm³/mol. The van der Waals surface area contributed by atoms with E-state index in [0.29, 0.717) is 6.04 Å². The number of benzene rings is 1. The molecule has 4 rings (SSSR count). The number of nitrogens with one attached hydrogen (secondary N) is 1. The maximum Gasteiger partial charge on any atom is 0.114 e. The van der Waals surface area contributed by atoms with E-state index in [1.165, 1.54) is 23.7 Å². The van der Waals surface area contributed by atoms with Crippen LogP contribution in [0.15, 0.2) is 29.6 Å². The Labute approximate surface area is 127 Å². The number of aryl methyl sites for hydroxylation is 1. The summed E-state index contributed by atoms with van der Waals surface area (Å²) in [6.07, 6.45) is 2.61. The van der Waals surface area contributed by atoms with Gasteiger partial charge in [-0.2, -0.15) is 5.10 Å². The van der Waals surface area contributed by atoms with Crippen molar-refractivity contribution in [3.8, 4) is 0 Å². The molecule has 1 N–H and O–H groups in total. The van der Waals surface area contributed by atoms with Crippen LogP contribution >= 0.6 is 11.3 Å². The molecular formula is C16H18N4S. The summed E-state index contributed by atoms with van der Waals surface area (Å²) in [6, 6.07) is 9.17. The first-order valence-corrected chi connectivity index (χ1v) is 8.26. The van der Waals surface area contributed by atoms with Crippen LogP contribution < -0.4 is 5.32 Å². The standard InChI is InChI=1S/C16H18N4S/c1-11-10-21-16(18-11)9-20-15-5-3-2-4-13(15)14(19-20)8-17-12-6-7-12/h2-5,10,12,17H,6-9H2,1H3. The van der Waals surface area contributed by atoms with Crippen LogP contribution in [0.4, 0.5) is 0 Å². The summed E-state index contributed by atoms with van der Waals surface area (Å²) < 4.78 is 2.08. The van der Waals surface area contributed by atoms with Crippen LogP contribution in [0.1, 0.15) is 29.2 Å². The molecule has 1 aliphatic carbocycles. The van der Waals surface area contributed by atoms with Gasteiger partial charge in [0.2, 0.25) is 0 Å². The Morgan fingerprint density at radius 2 is 2.19 bits per heavy atom. The molecule has 0 bridgehead atoms. The van der Waals surface area contributed by atoms with E-state index in [9.17, 15) is 0 Å². The molecular weight excluding hydrogens is 280 g/mol. The van der Waals surface area contributed by atoms with Gasteiger partial charge in [-0.3, -0.25) is 4.68 Å². The molecule has 1 fully saturated rings. The molecule has 4 nitrogen and oxygen atoms in total. The average molecular weight is 298 g/mol. The molecule has 0 atom stereocenters. The topological polar surface area (TPSA) is 42.7 Å². The highest BCUT2D eigenvalue weighted by atomic mass is 32.1. The molecule has 21 heavy (non-hydrogen) atoms. The summed E-state index contributed by atoms with van der Waals surface area (Å²) in [7, 11) is 0. The van der Waals surface area contributed by atoms with Gasteiger partial charge in [-0.25, -0.2) is 4.98 Å². The van der Waals surface area contributed by atoms with Crippen molar-refractivity contribution >= 4 is 22.2 Å². The molecule has 0 radical (unpaired) electrons. The molecule has 1 saturated carbocycles. The first kappa shape index (κ1) is 13.0. The Bertz CT molecular complexity index is 770. The zero-order valence-electron chi connectivity index (χ0n) is 12.0. The van der Waals surface area contributed by atoms with Crippen LogP contribution in [-0.2, 0) is 13.1 Å². The minimum absolute atomic E-state index is 0.704. The molecule has 108 valence electrons. The van der Waals surface area contributed by atoms with Crippen LogP contribution in [0.5, 0.6) is 0 Å². The average Bonchev–Trinajstić information content (AvgIpc) is 3.15. The van der Waals surface area contributed by atoms with Gasteiger partial charge >= 0.3 is 0 Å². The van der Waals surface area contributed by atoms with E-state index < -0.39 is 0 Å². The Morgan fingerprint density at radius 1 is 1.33 bits per heavy atom. The van der Waals surface area contributed by atoms with E-state index >= 15 is 0 Å². The van der Waals surface area contributed by atoms with E-state index in [0.717, 1.165) is 29.5 Å². The van der Waals surface area contributed by atoms with Crippen LogP contribution in [0.3, 0.4) is 0 Å². The van der Waals surface area contributed by atoms with E-state index in [1.54, 1.807) is 11.3 Å². The third kappa shape index (κ3) is 2.71. The Morgan fingerprint density at radius 3 is 2.95 bits per heavy atom. The van der Waals surface area contributed by atoms with Crippen LogP contribution in [-0.4, -0.2) is 20.8 Å². The summed E-state index contributed by atoms with van der Waals surface area (Å²) in [5.74, 6) is 0. The number of rotatable bonds is 5. The lowest BCUT2D eigenvalue weighted by molar-refractivity contribution is 0.639. The monoisotopic (exact) mass is 298 g/mol. The van der Waals surface area contributed by atoms with Crippen molar-refractivity contribution < 1.29 is 0 Å². The van der Waals surface area contributed by atoms with Crippen molar-refractivity contribution in [1.29, 1.82) is 0 Å². The van der Waals surface area contributed by atoms with Crippen LogP contribution in [0.25, 0.3) is 10.9 Å². The smallest absolute Gasteiger partial charge is 0.114 e. The molecule has 0 aliphatic heterocycles.